The van der Waals surface area contributed by atoms with Crippen LogP contribution in [0.15, 0.2) is 274 Å². The zero-order chi connectivity index (χ0) is 62.2. The summed E-state index contributed by atoms with van der Waals surface area (Å²) in [5.41, 5.74) is 28.4. The third-order valence-electron chi connectivity index (χ3n) is 17.3. The van der Waals surface area contributed by atoms with Gasteiger partial charge in [0.25, 0.3) is 0 Å². The molecular weight excluding hydrogens is 1290 g/mol. The van der Waals surface area contributed by atoms with Crippen molar-refractivity contribution in [2.75, 3.05) is 0 Å². The van der Waals surface area contributed by atoms with Crippen molar-refractivity contribution < 1.29 is 20.1 Å². The van der Waals surface area contributed by atoms with Crippen molar-refractivity contribution in [1.29, 1.82) is 0 Å². The normalized spacial score (nSPS) is 11.6. The van der Waals surface area contributed by atoms with Crippen molar-refractivity contribution in [3.8, 4) is 134 Å². The van der Waals surface area contributed by atoms with Crippen molar-refractivity contribution in [3.05, 3.63) is 310 Å². The van der Waals surface area contributed by atoms with Crippen molar-refractivity contribution in [3.63, 3.8) is 0 Å². The summed E-state index contributed by atoms with van der Waals surface area (Å²) in [5.74, 6) is 0. The minimum atomic E-state index is -0.0541. The van der Waals surface area contributed by atoms with Crippen LogP contribution in [-0.2, 0) is 36.4 Å². The van der Waals surface area contributed by atoms with Gasteiger partial charge in [0.2, 0.25) is 0 Å². The summed E-state index contributed by atoms with van der Waals surface area (Å²) >= 11 is 0. The van der Waals surface area contributed by atoms with Gasteiger partial charge in [0.1, 0.15) is 0 Å². The van der Waals surface area contributed by atoms with Crippen LogP contribution in [0.2, 0.25) is 0 Å². The van der Waals surface area contributed by atoms with E-state index in [1.807, 2.05) is 18.6 Å². The molecule has 5 heteroatoms. The topological polar surface area (TPSA) is 51.6 Å². The predicted molar refractivity (Wildman–Crippen MR) is 383 cm³/mol. The predicted octanol–water partition coefficient (Wildman–Crippen LogP) is 23.2. The molecule has 0 spiro atoms. The fourth-order valence-electron chi connectivity index (χ4n) is 12.2. The fourth-order valence-corrected chi connectivity index (χ4v) is 12.2. The second-order valence-electron chi connectivity index (χ2n) is 26.5. The van der Waals surface area contributed by atoms with Crippen molar-refractivity contribution in [2.45, 2.75) is 78.6 Å². The Morgan fingerprint density at radius 2 is 0.543 bits per heavy atom. The molecule has 0 aliphatic carbocycles. The van der Waals surface area contributed by atoms with Gasteiger partial charge < -0.3 is 17.4 Å². The molecule has 0 N–H and O–H groups in total. The van der Waals surface area contributed by atoms with Gasteiger partial charge in [-0.3, -0.25) is 9.97 Å². The minimum Gasteiger partial charge on any atom is -0.358 e. The molecule has 452 valence electrons. The Morgan fingerprint density at radius 1 is 0.250 bits per heavy atom. The van der Waals surface area contributed by atoms with E-state index in [0.717, 1.165) is 134 Å². The third-order valence-corrected chi connectivity index (χ3v) is 17.3. The Balaban J connectivity index is 0.00000433. The first-order chi connectivity index (χ1) is 43.5. The zero-order valence-corrected chi connectivity index (χ0v) is 56.5. The van der Waals surface area contributed by atoms with E-state index in [4.69, 9.17) is 19.9 Å². The molecule has 4 heterocycles. The largest absolute Gasteiger partial charge is 3.00 e. The van der Waals surface area contributed by atoms with E-state index in [0.29, 0.717) is 0 Å². The monoisotopic (exact) mass is 1370 g/mol. The molecule has 0 aliphatic heterocycles. The number of nitrogens with zero attached hydrogens (tertiary/aromatic N) is 4. The van der Waals surface area contributed by atoms with Gasteiger partial charge in [0.05, 0.1) is 11.4 Å². The standard InChI is InChI=1S/C86H72N4.CH3.Ir/c1-84(2,3)65-41-44-87-80(52-65)60-37-39-74(76(50-60)57-25-13-10-14-26-57)71-34-22-19-31-68(71)62-47-63(69-32-20-23-35-72(69)75-40-38-61(51-77(75)58-27-15-11-16-28-58)81-53-66(42-45-88-81)85(4,5)6)49-64(48-62)70-33-21-24-36-73(70)79-56-90-83(55-78(79)59-29-17-12-18-30-59)82-54-67(43-46-89-82)86(7,8)9;;/h10-36,39-56H,1-9H3;1H3;/q-2;-1;+3. The van der Waals surface area contributed by atoms with Crippen LogP contribution in [0.1, 0.15) is 79.0 Å². The van der Waals surface area contributed by atoms with E-state index in [1.165, 1.54) is 16.7 Å². The van der Waals surface area contributed by atoms with Crippen LogP contribution < -0.4 is 0 Å². The Morgan fingerprint density at radius 3 is 0.902 bits per heavy atom. The minimum absolute atomic E-state index is 0. The molecule has 0 aliphatic rings. The van der Waals surface area contributed by atoms with Gasteiger partial charge >= 0.3 is 20.1 Å². The molecule has 9 aromatic carbocycles. The van der Waals surface area contributed by atoms with E-state index >= 15 is 0 Å². The Hall–Kier alpha value is -9.77. The van der Waals surface area contributed by atoms with Crippen LogP contribution in [0.3, 0.4) is 0 Å². The number of hydrogen-bond acceptors (Lipinski definition) is 4. The first kappa shape index (κ1) is 63.8. The summed E-state index contributed by atoms with van der Waals surface area (Å²) in [6.07, 6.45) is 7.81. The maximum atomic E-state index is 5.26. The van der Waals surface area contributed by atoms with Crippen LogP contribution in [0.25, 0.3) is 134 Å². The van der Waals surface area contributed by atoms with Crippen molar-refractivity contribution >= 4 is 0 Å². The average molecular weight is 1370 g/mol. The Bertz CT molecular complexity index is 4270. The van der Waals surface area contributed by atoms with Crippen molar-refractivity contribution in [1.82, 2.24) is 19.9 Å². The summed E-state index contributed by atoms with van der Waals surface area (Å²) in [6, 6.07) is 97.4. The molecule has 4 aromatic heterocycles. The molecule has 0 fully saturated rings. The summed E-state index contributed by atoms with van der Waals surface area (Å²) < 4.78 is 0. The van der Waals surface area contributed by atoms with Crippen LogP contribution in [0.4, 0.5) is 0 Å². The molecule has 4 nitrogen and oxygen atoms in total. The molecule has 0 saturated heterocycles. The SMILES string of the molecule is CC(C)(C)c1ccnc(-c2[c-]cc(-c3ccccc3-c3cc(-c4ccccc4-c4c[c-]c(-c5cc(C(C)(C)C)ccn5)cc4-c4ccccc4)cc(-c4ccccc4-c4cnc(-c5cc(C(C)(C)C)ccn5)cc4-c4ccccc4)c3)c(-c3ccccc3)c2)c1.[CH3-].[Ir+3]. The molecule has 0 amide bonds. The Labute approximate surface area is 558 Å². The number of aromatic nitrogens is 4. The average Bonchev–Trinajstić information content (AvgIpc) is 0.781. The smallest absolute Gasteiger partial charge is 0.358 e. The van der Waals surface area contributed by atoms with E-state index in [9.17, 15) is 0 Å². The van der Waals surface area contributed by atoms with Crippen LogP contribution in [0, 0.1) is 19.6 Å². The summed E-state index contributed by atoms with van der Waals surface area (Å²) in [7, 11) is 0. The molecule has 13 rings (SSSR count). The number of pyridine rings is 4. The molecule has 92 heavy (non-hydrogen) atoms. The molecule has 0 atom stereocenters. The summed E-state index contributed by atoms with van der Waals surface area (Å²) in [6.45, 7) is 20.2. The number of benzene rings is 9. The first-order valence-corrected chi connectivity index (χ1v) is 31.1. The maximum Gasteiger partial charge on any atom is 3.00 e. The third kappa shape index (κ3) is 13.3. The van der Waals surface area contributed by atoms with E-state index in [1.54, 1.807) is 0 Å². The van der Waals surface area contributed by atoms with E-state index in [2.05, 4.69) is 329 Å². The number of hydrogen-bond donors (Lipinski definition) is 0. The van der Waals surface area contributed by atoms with Crippen LogP contribution >= 0.6 is 0 Å². The second-order valence-corrected chi connectivity index (χ2v) is 26.5. The Kier molecular flexibility index (Phi) is 18.4. The molecule has 0 saturated carbocycles. The van der Waals surface area contributed by atoms with Crippen LogP contribution in [0.5, 0.6) is 0 Å². The fraction of sp³-hybridized carbons (Fsp3) is 0.138. The van der Waals surface area contributed by atoms with Gasteiger partial charge in [-0.25, -0.2) is 0 Å². The molecule has 0 unspecified atom stereocenters. The van der Waals surface area contributed by atoms with Gasteiger partial charge in [-0.1, -0.05) is 272 Å². The molecule has 0 bridgehead atoms. The molecule has 0 radical (unpaired) electrons. The van der Waals surface area contributed by atoms with E-state index in [-0.39, 0.29) is 43.8 Å². The second kappa shape index (κ2) is 26.6. The summed E-state index contributed by atoms with van der Waals surface area (Å²) in [5, 5.41) is 0. The van der Waals surface area contributed by atoms with Gasteiger partial charge in [-0.15, -0.1) is 47.5 Å². The summed E-state index contributed by atoms with van der Waals surface area (Å²) in [4.78, 5) is 20.0. The maximum absolute atomic E-state index is 5.26. The van der Waals surface area contributed by atoms with Crippen LogP contribution in [-0.4, -0.2) is 19.9 Å². The van der Waals surface area contributed by atoms with Gasteiger partial charge in [-0.05, 0) is 154 Å². The zero-order valence-electron chi connectivity index (χ0n) is 54.1. The van der Waals surface area contributed by atoms with Gasteiger partial charge in [-0.2, -0.15) is 0 Å². The molecular formula is C87H75IrN4. The van der Waals surface area contributed by atoms with Gasteiger partial charge in [0.15, 0.2) is 0 Å². The van der Waals surface area contributed by atoms with Gasteiger partial charge in [0, 0.05) is 30.4 Å². The number of rotatable bonds is 12. The first-order valence-electron chi connectivity index (χ1n) is 31.1. The molecule has 13 aromatic rings. The van der Waals surface area contributed by atoms with Crippen molar-refractivity contribution in [2.24, 2.45) is 0 Å². The quantitative estimate of drug-likeness (QED) is 0.114. The van der Waals surface area contributed by atoms with E-state index < -0.39 is 0 Å².